The zero-order chi connectivity index (χ0) is 16.8. The van der Waals surface area contributed by atoms with Gasteiger partial charge >= 0.3 is 0 Å². The predicted molar refractivity (Wildman–Crippen MR) is 89.9 cm³/mol. The number of nitrogens with zero attached hydrogens (tertiary/aromatic N) is 1. The van der Waals surface area contributed by atoms with Crippen molar-refractivity contribution < 1.29 is 9.90 Å². The highest BCUT2D eigenvalue weighted by Crippen LogP contribution is 2.22. The molecular formula is C16H13ClN4O2. The SMILES string of the molecule is N#C/C(=C/Nc1ccc(N)c(Cl)c1)C(=O)Nc1ccc(O)cc1. The Balaban J connectivity index is 2.08. The van der Waals surface area contributed by atoms with Crippen LogP contribution in [0, 0.1) is 11.3 Å². The van der Waals surface area contributed by atoms with E-state index in [-0.39, 0.29) is 11.3 Å². The van der Waals surface area contributed by atoms with Crippen LogP contribution in [0.4, 0.5) is 17.1 Å². The molecule has 6 nitrogen and oxygen atoms in total. The lowest BCUT2D eigenvalue weighted by Gasteiger charge is -2.06. The first kappa shape index (κ1) is 16.2. The number of carbonyl (C=O) groups is 1. The molecule has 0 aliphatic heterocycles. The minimum Gasteiger partial charge on any atom is -0.508 e. The Morgan fingerprint density at radius 1 is 1.22 bits per heavy atom. The molecule has 0 spiro atoms. The van der Waals surface area contributed by atoms with Crippen LogP contribution in [0.15, 0.2) is 54.2 Å². The van der Waals surface area contributed by atoms with Crippen molar-refractivity contribution in [2.24, 2.45) is 0 Å². The van der Waals surface area contributed by atoms with Crippen molar-refractivity contribution in [1.29, 1.82) is 5.26 Å². The smallest absolute Gasteiger partial charge is 0.267 e. The van der Waals surface area contributed by atoms with Crippen molar-refractivity contribution in [3.05, 3.63) is 59.3 Å². The lowest BCUT2D eigenvalue weighted by molar-refractivity contribution is -0.112. The fourth-order valence-electron chi connectivity index (χ4n) is 1.66. The van der Waals surface area contributed by atoms with Gasteiger partial charge in [0.2, 0.25) is 0 Å². The molecule has 2 aromatic rings. The summed E-state index contributed by atoms with van der Waals surface area (Å²) in [6.45, 7) is 0. The predicted octanol–water partition coefficient (Wildman–Crippen LogP) is 3.09. The van der Waals surface area contributed by atoms with E-state index >= 15 is 0 Å². The monoisotopic (exact) mass is 328 g/mol. The zero-order valence-corrected chi connectivity index (χ0v) is 12.6. The minimum absolute atomic E-state index is 0.0842. The number of hydrogen-bond acceptors (Lipinski definition) is 5. The van der Waals surface area contributed by atoms with Gasteiger partial charge in [-0.05, 0) is 42.5 Å². The molecule has 2 aromatic carbocycles. The Morgan fingerprint density at radius 3 is 2.48 bits per heavy atom. The fourth-order valence-corrected chi connectivity index (χ4v) is 1.84. The molecule has 0 bridgehead atoms. The number of nitrogens with two attached hydrogens (primary N) is 1. The second kappa shape index (κ2) is 7.20. The van der Waals surface area contributed by atoms with E-state index in [0.29, 0.717) is 22.1 Å². The number of rotatable bonds is 4. The number of benzene rings is 2. The number of nitrogen functional groups attached to an aromatic ring is 1. The normalized spacial score (nSPS) is 10.7. The summed E-state index contributed by atoms with van der Waals surface area (Å²) >= 11 is 5.90. The third-order valence-corrected chi connectivity index (χ3v) is 3.20. The maximum atomic E-state index is 12.0. The van der Waals surface area contributed by atoms with Crippen molar-refractivity contribution in [1.82, 2.24) is 0 Å². The molecule has 0 saturated heterocycles. The number of nitrogens with one attached hydrogen (secondary N) is 2. The first-order chi connectivity index (χ1) is 11.0. The van der Waals surface area contributed by atoms with Crippen molar-refractivity contribution in [2.45, 2.75) is 0 Å². The van der Waals surface area contributed by atoms with Crippen molar-refractivity contribution >= 4 is 34.6 Å². The number of amides is 1. The van der Waals surface area contributed by atoms with Crippen LogP contribution in [0.25, 0.3) is 0 Å². The van der Waals surface area contributed by atoms with Crippen LogP contribution in [-0.4, -0.2) is 11.0 Å². The van der Waals surface area contributed by atoms with E-state index in [0.717, 1.165) is 0 Å². The van der Waals surface area contributed by atoms with Crippen LogP contribution < -0.4 is 16.4 Å². The number of anilines is 3. The lowest BCUT2D eigenvalue weighted by Crippen LogP contribution is -2.14. The maximum Gasteiger partial charge on any atom is 0.267 e. The first-order valence-electron chi connectivity index (χ1n) is 6.52. The zero-order valence-electron chi connectivity index (χ0n) is 11.9. The molecule has 0 atom stereocenters. The summed E-state index contributed by atoms with van der Waals surface area (Å²) in [6, 6.07) is 12.6. The Bertz CT molecular complexity index is 795. The van der Waals surface area contributed by atoms with Gasteiger partial charge in [0, 0.05) is 17.6 Å². The van der Waals surface area contributed by atoms with E-state index in [2.05, 4.69) is 10.6 Å². The standard InChI is InChI=1S/C16H13ClN4O2/c17-14-7-12(3-6-15(14)19)20-9-10(8-18)16(23)21-11-1-4-13(22)5-2-11/h1-7,9,20,22H,19H2,(H,21,23)/b10-9-. The second-order valence-corrected chi connectivity index (χ2v) is 4.96. The number of aromatic hydroxyl groups is 1. The van der Waals surface area contributed by atoms with Gasteiger partial charge in [0.25, 0.3) is 5.91 Å². The molecule has 0 fully saturated rings. The van der Waals surface area contributed by atoms with Crippen molar-refractivity contribution in [3.8, 4) is 11.8 Å². The van der Waals surface area contributed by atoms with Gasteiger partial charge in [-0.1, -0.05) is 11.6 Å². The van der Waals surface area contributed by atoms with Crippen molar-refractivity contribution in [2.75, 3.05) is 16.4 Å². The highest BCUT2D eigenvalue weighted by atomic mass is 35.5. The summed E-state index contributed by atoms with van der Waals surface area (Å²) < 4.78 is 0. The highest BCUT2D eigenvalue weighted by molar-refractivity contribution is 6.33. The van der Waals surface area contributed by atoms with Gasteiger partial charge in [0.15, 0.2) is 0 Å². The van der Waals surface area contributed by atoms with Gasteiger partial charge in [-0.2, -0.15) is 5.26 Å². The Hall–Kier alpha value is -3.17. The Kier molecular flexibility index (Phi) is 5.07. The highest BCUT2D eigenvalue weighted by Gasteiger charge is 2.09. The largest absolute Gasteiger partial charge is 0.508 e. The molecule has 0 saturated carbocycles. The molecule has 7 heteroatoms. The van der Waals surface area contributed by atoms with Crippen LogP contribution >= 0.6 is 11.6 Å². The molecule has 5 N–H and O–H groups in total. The van der Waals surface area contributed by atoms with Gasteiger partial charge in [-0.25, -0.2) is 0 Å². The van der Waals surface area contributed by atoms with Gasteiger partial charge in [-0.15, -0.1) is 0 Å². The topological polar surface area (TPSA) is 111 Å². The molecule has 116 valence electrons. The lowest BCUT2D eigenvalue weighted by atomic mass is 10.2. The molecule has 2 rings (SSSR count). The van der Waals surface area contributed by atoms with Gasteiger partial charge in [-0.3, -0.25) is 4.79 Å². The molecule has 0 unspecified atom stereocenters. The molecule has 0 radical (unpaired) electrons. The van der Waals surface area contributed by atoms with Crippen LogP contribution in [0.3, 0.4) is 0 Å². The van der Waals surface area contributed by atoms with E-state index < -0.39 is 5.91 Å². The summed E-state index contributed by atoms with van der Waals surface area (Å²) in [5.74, 6) is -0.492. The van der Waals surface area contributed by atoms with E-state index in [1.54, 1.807) is 18.2 Å². The number of nitriles is 1. The molecule has 0 aliphatic carbocycles. The molecule has 0 heterocycles. The third kappa shape index (κ3) is 4.40. The number of halogens is 1. The van der Waals surface area contributed by atoms with Crippen LogP contribution in [-0.2, 0) is 4.79 Å². The maximum absolute atomic E-state index is 12.0. The summed E-state index contributed by atoms with van der Waals surface area (Å²) in [5.41, 5.74) is 6.98. The van der Waals surface area contributed by atoms with Gasteiger partial charge in [0.1, 0.15) is 17.4 Å². The molecule has 1 amide bonds. The summed E-state index contributed by atoms with van der Waals surface area (Å²) in [7, 11) is 0. The third-order valence-electron chi connectivity index (χ3n) is 2.87. The van der Waals surface area contributed by atoms with Crippen molar-refractivity contribution in [3.63, 3.8) is 0 Å². The van der Waals surface area contributed by atoms with Gasteiger partial charge < -0.3 is 21.5 Å². The molecular weight excluding hydrogens is 316 g/mol. The molecule has 23 heavy (non-hydrogen) atoms. The average molecular weight is 329 g/mol. The summed E-state index contributed by atoms with van der Waals surface area (Å²) in [4.78, 5) is 12.0. The number of hydrogen-bond donors (Lipinski definition) is 4. The van der Waals surface area contributed by atoms with Crippen LogP contribution in [0.2, 0.25) is 5.02 Å². The number of phenols is 1. The molecule has 0 aliphatic rings. The average Bonchev–Trinajstić information content (AvgIpc) is 2.53. The van der Waals surface area contributed by atoms with E-state index in [4.69, 9.17) is 22.6 Å². The second-order valence-electron chi connectivity index (χ2n) is 4.55. The van der Waals surface area contributed by atoms with Crippen LogP contribution in [0.5, 0.6) is 5.75 Å². The van der Waals surface area contributed by atoms with Gasteiger partial charge in [0.05, 0.1) is 10.7 Å². The first-order valence-corrected chi connectivity index (χ1v) is 6.89. The molecule has 0 aromatic heterocycles. The van der Waals surface area contributed by atoms with E-state index in [1.807, 2.05) is 6.07 Å². The van der Waals surface area contributed by atoms with E-state index in [1.165, 1.54) is 30.5 Å². The van der Waals surface area contributed by atoms with Crippen LogP contribution in [0.1, 0.15) is 0 Å². The van der Waals surface area contributed by atoms with E-state index in [9.17, 15) is 9.90 Å². The summed E-state index contributed by atoms with van der Waals surface area (Å²) in [6.07, 6.45) is 1.28. The Labute approximate surface area is 137 Å². The number of carbonyl (C=O) groups excluding carboxylic acids is 1. The minimum atomic E-state index is -0.577. The fraction of sp³-hybridized carbons (Fsp3) is 0. The quantitative estimate of drug-likeness (QED) is 0.298. The number of phenolic OH excluding ortho intramolecular Hbond substituents is 1. The Morgan fingerprint density at radius 2 is 1.87 bits per heavy atom. The summed E-state index contributed by atoms with van der Waals surface area (Å²) in [5, 5.41) is 24.0.